The average Bonchev–Trinajstić information content (AvgIpc) is 2.89. The molecule has 2 atom stereocenters. The zero-order valence-corrected chi connectivity index (χ0v) is 13.3. The smallest absolute Gasteiger partial charge is 0.189 e. The van der Waals surface area contributed by atoms with E-state index in [9.17, 15) is 0 Å². The third kappa shape index (κ3) is 3.23. The highest BCUT2D eigenvalue weighted by atomic mass is 16.5. The highest BCUT2D eigenvalue weighted by Crippen LogP contribution is 2.35. The molecule has 1 aliphatic heterocycles. The van der Waals surface area contributed by atoms with Gasteiger partial charge in [0.2, 0.25) is 0 Å². The van der Waals surface area contributed by atoms with Crippen molar-refractivity contribution in [3.05, 3.63) is 59.7 Å². The van der Waals surface area contributed by atoms with Gasteiger partial charge in [0.25, 0.3) is 0 Å². The number of hydrogen-bond acceptors (Lipinski definition) is 3. The van der Waals surface area contributed by atoms with Crippen molar-refractivity contribution < 1.29 is 9.47 Å². The van der Waals surface area contributed by atoms with E-state index in [1.54, 1.807) is 7.11 Å². The first-order chi connectivity index (χ1) is 11.2. The van der Waals surface area contributed by atoms with E-state index in [1.165, 1.54) is 0 Å². The highest BCUT2D eigenvalue weighted by molar-refractivity contribution is 5.78. The zero-order valence-electron chi connectivity index (χ0n) is 13.3. The number of benzene rings is 2. The van der Waals surface area contributed by atoms with Crippen molar-refractivity contribution in [3.8, 4) is 11.5 Å². The molecule has 0 fully saturated rings. The van der Waals surface area contributed by atoms with Crippen LogP contribution < -0.4 is 20.5 Å². The lowest BCUT2D eigenvalue weighted by Crippen LogP contribution is -2.38. The van der Waals surface area contributed by atoms with Gasteiger partial charge in [-0.1, -0.05) is 36.4 Å². The van der Waals surface area contributed by atoms with E-state index in [0.29, 0.717) is 12.5 Å². The number of rotatable bonds is 4. The number of nitrogens with zero attached hydrogens (tertiary/aromatic N) is 1. The minimum absolute atomic E-state index is 0.00686. The van der Waals surface area contributed by atoms with E-state index in [0.717, 1.165) is 22.6 Å². The van der Waals surface area contributed by atoms with Gasteiger partial charge in [0.05, 0.1) is 19.7 Å². The molecule has 0 spiro atoms. The molecule has 2 aromatic carbocycles. The fourth-order valence-electron chi connectivity index (χ4n) is 2.77. The summed E-state index contributed by atoms with van der Waals surface area (Å²) in [5, 5.41) is 3.25. The first-order valence-corrected chi connectivity index (χ1v) is 7.63. The van der Waals surface area contributed by atoms with Crippen LogP contribution in [0.15, 0.2) is 53.5 Å². The van der Waals surface area contributed by atoms with Gasteiger partial charge in [-0.05, 0) is 19.1 Å². The molecule has 120 valence electrons. The molecule has 1 heterocycles. The molecule has 0 amide bonds. The molecular formula is C18H21N3O2. The molecule has 0 aromatic heterocycles. The maximum absolute atomic E-state index is 6.05. The lowest BCUT2D eigenvalue weighted by atomic mass is 10.1. The summed E-state index contributed by atoms with van der Waals surface area (Å²) >= 11 is 0. The van der Waals surface area contributed by atoms with Gasteiger partial charge < -0.3 is 20.5 Å². The average molecular weight is 311 g/mol. The van der Waals surface area contributed by atoms with Gasteiger partial charge in [-0.3, -0.25) is 0 Å². The van der Waals surface area contributed by atoms with E-state index in [1.807, 2.05) is 55.5 Å². The molecule has 3 N–H and O–H groups in total. The maximum atomic E-state index is 6.05. The first-order valence-electron chi connectivity index (χ1n) is 7.63. The standard InChI is InChI=1S/C18H21N3O2/c1-12-17(14-8-4-6-10-16(14)23-12)21-18(19)20-11-13-7-3-5-9-15(13)22-2/h3-10,12,17H,11H2,1-2H3,(H3,19,20,21). The van der Waals surface area contributed by atoms with Crippen LogP contribution in [-0.4, -0.2) is 19.2 Å². The van der Waals surface area contributed by atoms with Gasteiger partial charge in [0.15, 0.2) is 5.96 Å². The minimum Gasteiger partial charge on any atom is -0.496 e. The molecule has 0 bridgehead atoms. The van der Waals surface area contributed by atoms with Crippen LogP contribution in [0.25, 0.3) is 0 Å². The van der Waals surface area contributed by atoms with Crippen molar-refractivity contribution in [1.82, 2.24) is 5.32 Å². The second-order valence-electron chi connectivity index (χ2n) is 5.50. The topological polar surface area (TPSA) is 68.9 Å². The van der Waals surface area contributed by atoms with Crippen molar-refractivity contribution in [2.24, 2.45) is 10.7 Å². The molecule has 2 aromatic rings. The van der Waals surface area contributed by atoms with E-state index in [-0.39, 0.29) is 12.1 Å². The van der Waals surface area contributed by atoms with Crippen LogP contribution in [0.5, 0.6) is 11.5 Å². The first kappa shape index (κ1) is 15.2. The second-order valence-corrected chi connectivity index (χ2v) is 5.50. The van der Waals surface area contributed by atoms with Crippen molar-refractivity contribution >= 4 is 5.96 Å². The summed E-state index contributed by atoms with van der Waals surface area (Å²) in [6.45, 7) is 2.48. The van der Waals surface area contributed by atoms with Crippen LogP contribution in [0.4, 0.5) is 0 Å². The Balaban J connectivity index is 1.71. The number of para-hydroxylation sites is 2. The quantitative estimate of drug-likeness (QED) is 0.673. The largest absolute Gasteiger partial charge is 0.496 e. The Morgan fingerprint density at radius 1 is 1.22 bits per heavy atom. The fourth-order valence-corrected chi connectivity index (χ4v) is 2.77. The molecule has 0 radical (unpaired) electrons. The zero-order chi connectivity index (χ0) is 16.2. The SMILES string of the molecule is COc1ccccc1CN=C(N)NC1c2ccccc2OC1C. The lowest BCUT2D eigenvalue weighted by molar-refractivity contribution is 0.219. The van der Waals surface area contributed by atoms with Crippen LogP contribution in [0.2, 0.25) is 0 Å². The molecule has 5 heteroatoms. The van der Waals surface area contributed by atoms with Crippen LogP contribution in [0.3, 0.4) is 0 Å². The second kappa shape index (κ2) is 6.60. The predicted octanol–water partition coefficient (Wildman–Crippen LogP) is 2.62. The number of ether oxygens (including phenoxy) is 2. The van der Waals surface area contributed by atoms with E-state index in [4.69, 9.17) is 15.2 Å². The lowest BCUT2D eigenvalue weighted by Gasteiger charge is -2.17. The summed E-state index contributed by atoms with van der Waals surface area (Å²) in [6, 6.07) is 15.8. The Morgan fingerprint density at radius 3 is 2.78 bits per heavy atom. The Hall–Kier alpha value is -2.69. The molecule has 3 rings (SSSR count). The Labute approximate surface area is 136 Å². The summed E-state index contributed by atoms with van der Waals surface area (Å²) in [5.41, 5.74) is 8.16. The van der Waals surface area contributed by atoms with Crippen LogP contribution in [0, 0.1) is 0 Å². The summed E-state index contributed by atoms with van der Waals surface area (Å²) in [5.74, 6) is 2.11. The van der Waals surface area contributed by atoms with Crippen LogP contribution >= 0.6 is 0 Å². The number of aliphatic imine (C=N–C) groups is 1. The van der Waals surface area contributed by atoms with Gasteiger partial charge >= 0.3 is 0 Å². The van der Waals surface area contributed by atoms with Gasteiger partial charge in [-0.25, -0.2) is 4.99 Å². The molecule has 0 aliphatic carbocycles. The normalized spacial score (nSPS) is 19.8. The van der Waals surface area contributed by atoms with E-state index >= 15 is 0 Å². The van der Waals surface area contributed by atoms with Crippen LogP contribution in [-0.2, 0) is 6.54 Å². The van der Waals surface area contributed by atoms with Gasteiger partial charge in [0, 0.05) is 11.1 Å². The van der Waals surface area contributed by atoms with E-state index < -0.39 is 0 Å². The van der Waals surface area contributed by atoms with Gasteiger partial charge in [-0.2, -0.15) is 0 Å². The summed E-state index contributed by atoms with van der Waals surface area (Å²) in [6.07, 6.45) is 0.00686. The molecule has 5 nitrogen and oxygen atoms in total. The number of hydrogen-bond donors (Lipinski definition) is 2. The fraction of sp³-hybridized carbons (Fsp3) is 0.278. The maximum Gasteiger partial charge on any atom is 0.189 e. The summed E-state index contributed by atoms with van der Waals surface area (Å²) < 4.78 is 11.2. The number of methoxy groups -OCH3 is 1. The van der Waals surface area contributed by atoms with Crippen molar-refractivity contribution in [3.63, 3.8) is 0 Å². The molecule has 23 heavy (non-hydrogen) atoms. The third-order valence-electron chi connectivity index (χ3n) is 3.95. The molecule has 0 saturated carbocycles. The minimum atomic E-state index is 0.00686. The van der Waals surface area contributed by atoms with Gasteiger partial charge in [-0.15, -0.1) is 0 Å². The predicted molar refractivity (Wildman–Crippen MR) is 90.7 cm³/mol. The van der Waals surface area contributed by atoms with Crippen LogP contribution in [0.1, 0.15) is 24.1 Å². The molecule has 2 unspecified atom stereocenters. The number of nitrogens with one attached hydrogen (secondary N) is 1. The van der Waals surface area contributed by atoms with Crippen molar-refractivity contribution in [1.29, 1.82) is 0 Å². The Kier molecular flexibility index (Phi) is 4.37. The Bertz CT molecular complexity index is 715. The third-order valence-corrected chi connectivity index (χ3v) is 3.95. The van der Waals surface area contributed by atoms with E-state index in [2.05, 4.69) is 10.3 Å². The van der Waals surface area contributed by atoms with Crippen molar-refractivity contribution in [2.45, 2.75) is 25.6 Å². The number of guanidine groups is 1. The molecule has 1 aliphatic rings. The highest BCUT2D eigenvalue weighted by Gasteiger charge is 2.31. The van der Waals surface area contributed by atoms with Crippen molar-refractivity contribution in [2.75, 3.05) is 7.11 Å². The molecule has 0 saturated heterocycles. The summed E-state index contributed by atoms with van der Waals surface area (Å²) in [7, 11) is 1.65. The number of nitrogens with two attached hydrogens (primary N) is 1. The molecular weight excluding hydrogens is 290 g/mol. The Morgan fingerprint density at radius 2 is 1.96 bits per heavy atom. The van der Waals surface area contributed by atoms with Gasteiger partial charge in [0.1, 0.15) is 17.6 Å². The number of fused-ring (bicyclic) bond motifs is 1. The monoisotopic (exact) mass is 311 g/mol. The summed E-state index contributed by atoms with van der Waals surface area (Å²) in [4.78, 5) is 4.42.